The maximum atomic E-state index is 12.5. The highest BCUT2D eigenvalue weighted by molar-refractivity contribution is 5.36. The van der Waals surface area contributed by atoms with E-state index in [0.29, 0.717) is 30.1 Å². The number of ether oxygens (including phenoxy) is 2. The molecule has 24 heavy (non-hydrogen) atoms. The Morgan fingerprint density at radius 2 is 1.46 bits per heavy atom. The standard InChI is InChI=1S/C18H16F3NO2/c1-13(3-2-12-22)23-15-8-10-17(11-9-15)24-16-6-4-14(5-7-16)18(19,20)21/h4-11,13H,2-3H2,1H3. The summed E-state index contributed by atoms with van der Waals surface area (Å²) >= 11 is 0. The first kappa shape index (κ1) is 17.7. The van der Waals surface area contributed by atoms with Crippen molar-refractivity contribution < 1.29 is 22.6 Å². The van der Waals surface area contributed by atoms with E-state index in [1.54, 1.807) is 24.3 Å². The Bertz CT molecular complexity index is 688. The topological polar surface area (TPSA) is 42.2 Å². The number of halogens is 3. The molecule has 0 bridgehead atoms. The molecule has 0 aliphatic heterocycles. The van der Waals surface area contributed by atoms with Gasteiger partial charge in [0, 0.05) is 6.42 Å². The van der Waals surface area contributed by atoms with Crippen molar-refractivity contribution in [2.24, 2.45) is 0 Å². The van der Waals surface area contributed by atoms with Gasteiger partial charge in [-0.2, -0.15) is 18.4 Å². The zero-order chi connectivity index (χ0) is 17.6. The van der Waals surface area contributed by atoms with Crippen LogP contribution in [0.25, 0.3) is 0 Å². The number of rotatable bonds is 6. The number of benzene rings is 2. The Morgan fingerprint density at radius 1 is 0.958 bits per heavy atom. The molecule has 3 nitrogen and oxygen atoms in total. The zero-order valence-corrected chi connectivity index (χ0v) is 13.0. The van der Waals surface area contributed by atoms with E-state index < -0.39 is 11.7 Å². The highest BCUT2D eigenvalue weighted by Gasteiger charge is 2.30. The summed E-state index contributed by atoms with van der Waals surface area (Å²) in [5.74, 6) is 1.45. The summed E-state index contributed by atoms with van der Waals surface area (Å²) in [5.41, 5.74) is -0.718. The van der Waals surface area contributed by atoms with Crippen LogP contribution in [0.1, 0.15) is 25.3 Å². The summed E-state index contributed by atoms with van der Waals surface area (Å²) in [7, 11) is 0. The molecule has 126 valence electrons. The Hall–Kier alpha value is -2.68. The van der Waals surface area contributed by atoms with Crippen molar-refractivity contribution in [1.29, 1.82) is 5.26 Å². The van der Waals surface area contributed by atoms with Gasteiger partial charge in [-0.25, -0.2) is 0 Å². The van der Waals surface area contributed by atoms with E-state index >= 15 is 0 Å². The van der Waals surface area contributed by atoms with Crippen LogP contribution in [0.2, 0.25) is 0 Å². The van der Waals surface area contributed by atoms with Gasteiger partial charge in [0.15, 0.2) is 0 Å². The highest BCUT2D eigenvalue weighted by Crippen LogP contribution is 2.31. The van der Waals surface area contributed by atoms with Crippen molar-refractivity contribution >= 4 is 0 Å². The van der Waals surface area contributed by atoms with Gasteiger partial charge < -0.3 is 9.47 Å². The Morgan fingerprint density at radius 3 is 1.96 bits per heavy atom. The van der Waals surface area contributed by atoms with Crippen molar-refractivity contribution in [2.75, 3.05) is 0 Å². The summed E-state index contributed by atoms with van der Waals surface area (Å²) in [4.78, 5) is 0. The van der Waals surface area contributed by atoms with Crippen LogP contribution < -0.4 is 9.47 Å². The Balaban J connectivity index is 1.95. The molecular formula is C18H16F3NO2. The highest BCUT2D eigenvalue weighted by atomic mass is 19.4. The molecule has 2 aromatic rings. The lowest BCUT2D eigenvalue weighted by atomic mass is 10.2. The lowest BCUT2D eigenvalue weighted by Gasteiger charge is -2.14. The van der Waals surface area contributed by atoms with Crippen molar-refractivity contribution in [3.63, 3.8) is 0 Å². The van der Waals surface area contributed by atoms with Gasteiger partial charge in [-0.15, -0.1) is 0 Å². The SMILES string of the molecule is CC(CCC#N)Oc1ccc(Oc2ccc(C(F)(F)F)cc2)cc1. The van der Waals surface area contributed by atoms with Crippen LogP contribution in [0.3, 0.4) is 0 Å². The average molecular weight is 335 g/mol. The molecule has 0 N–H and O–H groups in total. The molecule has 0 aliphatic carbocycles. The van der Waals surface area contributed by atoms with Gasteiger partial charge in [0.25, 0.3) is 0 Å². The van der Waals surface area contributed by atoms with Crippen LogP contribution in [-0.4, -0.2) is 6.10 Å². The second-order valence-electron chi connectivity index (χ2n) is 5.22. The van der Waals surface area contributed by atoms with E-state index in [4.69, 9.17) is 14.7 Å². The number of nitriles is 1. The maximum absolute atomic E-state index is 12.5. The van der Waals surface area contributed by atoms with Crippen molar-refractivity contribution in [1.82, 2.24) is 0 Å². The third kappa shape index (κ3) is 5.20. The monoisotopic (exact) mass is 335 g/mol. The van der Waals surface area contributed by atoms with Crippen molar-refractivity contribution in [3.8, 4) is 23.3 Å². The van der Waals surface area contributed by atoms with Crippen molar-refractivity contribution in [3.05, 3.63) is 54.1 Å². The molecule has 0 fully saturated rings. The minimum atomic E-state index is -4.36. The van der Waals surface area contributed by atoms with Crippen molar-refractivity contribution in [2.45, 2.75) is 32.0 Å². The maximum Gasteiger partial charge on any atom is 0.416 e. The van der Waals surface area contributed by atoms with E-state index in [2.05, 4.69) is 6.07 Å². The number of hydrogen-bond donors (Lipinski definition) is 0. The first-order valence-corrected chi connectivity index (χ1v) is 7.37. The fourth-order valence-electron chi connectivity index (χ4n) is 1.99. The lowest BCUT2D eigenvalue weighted by molar-refractivity contribution is -0.137. The van der Waals surface area contributed by atoms with Crippen LogP contribution in [-0.2, 0) is 6.18 Å². The fourth-order valence-corrected chi connectivity index (χ4v) is 1.99. The quantitative estimate of drug-likeness (QED) is 0.693. The van der Waals surface area contributed by atoms with Gasteiger partial charge in [-0.3, -0.25) is 0 Å². The van der Waals surface area contributed by atoms with Gasteiger partial charge in [0.2, 0.25) is 0 Å². The minimum Gasteiger partial charge on any atom is -0.491 e. The van der Waals surface area contributed by atoms with Crippen LogP contribution in [0, 0.1) is 11.3 Å². The van der Waals surface area contributed by atoms with Gasteiger partial charge in [0.05, 0.1) is 17.7 Å². The first-order valence-electron chi connectivity index (χ1n) is 7.37. The predicted octanol–water partition coefficient (Wildman–Crippen LogP) is 5.57. The van der Waals surface area contributed by atoms with Crippen LogP contribution in [0.5, 0.6) is 17.2 Å². The molecule has 0 aliphatic rings. The fraction of sp³-hybridized carbons (Fsp3) is 0.278. The molecule has 0 saturated carbocycles. The smallest absolute Gasteiger partial charge is 0.416 e. The van der Waals surface area contributed by atoms with E-state index in [-0.39, 0.29) is 6.10 Å². The second kappa shape index (κ2) is 7.73. The molecule has 6 heteroatoms. The predicted molar refractivity (Wildman–Crippen MR) is 82.9 cm³/mol. The second-order valence-corrected chi connectivity index (χ2v) is 5.22. The molecule has 0 amide bonds. The summed E-state index contributed by atoms with van der Waals surface area (Å²) < 4.78 is 48.6. The molecule has 0 spiro atoms. The summed E-state index contributed by atoms with van der Waals surface area (Å²) in [6, 6.07) is 13.3. The molecule has 0 aromatic heterocycles. The van der Waals surface area contributed by atoms with Crippen LogP contribution >= 0.6 is 0 Å². The van der Waals surface area contributed by atoms with E-state index in [9.17, 15) is 13.2 Å². The molecule has 0 radical (unpaired) electrons. The van der Waals surface area contributed by atoms with Gasteiger partial charge in [0.1, 0.15) is 17.2 Å². The largest absolute Gasteiger partial charge is 0.491 e. The third-order valence-electron chi connectivity index (χ3n) is 3.24. The molecule has 0 heterocycles. The lowest BCUT2D eigenvalue weighted by Crippen LogP contribution is -2.10. The molecule has 2 aromatic carbocycles. The Kier molecular flexibility index (Phi) is 5.69. The van der Waals surface area contributed by atoms with E-state index in [1.165, 1.54) is 12.1 Å². The molecular weight excluding hydrogens is 319 g/mol. The van der Waals surface area contributed by atoms with Gasteiger partial charge >= 0.3 is 6.18 Å². The van der Waals surface area contributed by atoms with Gasteiger partial charge in [-0.05, 0) is 61.9 Å². The molecule has 1 unspecified atom stereocenters. The van der Waals surface area contributed by atoms with E-state index in [1.807, 2.05) is 6.92 Å². The minimum absolute atomic E-state index is 0.0775. The zero-order valence-electron chi connectivity index (χ0n) is 13.0. The summed E-state index contributed by atoms with van der Waals surface area (Å²) in [6.07, 6.45) is -3.37. The molecule has 0 saturated heterocycles. The number of alkyl halides is 3. The van der Waals surface area contributed by atoms with Gasteiger partial charge in [-0.1, -0.05) is 0 Å². The van der Waals surface area contributed by atoms with Crippen LogP contribution in [0.4, 0.5) is 13.2 Å². The van der Waals surface area contributed by atoms with Crippen LogP contribution in [0.15, 0.2) is 48.5 Å². The number of hydrogen-bond acceptors (Lipinski definition) is 3. The molecule has 2 rings (SSSR count). The van der Waals surface area contributed by atoms with E-state index in [0.717, 1.165) is 12.1 Å². The molecule has 1 atom stereocenters. The normalized spacial score (nSPS) is 12.3. The third-order valence-corrected chi connectivity index (χ3v) is 3.24. The average Bonchev–Trinajstić information content (AvgIpc) is 2.54. The summed E-state index contributed by atoms with van der Waals surface area (Å²) in [5, 5.41) is 8.53. The number of nitrogens with zero attached hydrogens (tertiary/aromatic N) is 1. The summed E-state index contributed by atoms with van der Waals surface area (Å²) in [6.45, 7) is 1.88. The Labute approximate surface area is 138 Å². The first-order chi connectivity index (χ1) is 11.4.